The van der Waals surface area contributed by atoms with Crippen molar-refractivity contribution in [3.05, 3.63) is 59.7 Å². The van der Waals surface area contributed by atoms with Gasteiger partial charge in [0.25, 0.3) is 5.91 Å². The average Bonchev–Trinajstić information content (AvgIpc) is 2.68. The average molecular weight is 386 g/mol. The number of amides is 1. The van der Waals surface area contributed by atoms with Crippen molar-refractivity contribution in [1.82, 2.24) is 0 Å². The predicted molar refractivity (Wildman–Crippen MR) is 112 cm³/mol. The van der Waals surface area contributed by atoms with E-state index in [-0.39, 0.29) is 5.91 Å². The fourth-order valence-electron chi connectivity index (χ4n) is 2.64. The maximum Gasteiger partial charge on any atom is 0.265 e. The van der Waals surface area contributed by atoms with Crippen LogP contribution < -0.4 is 10.1 Å². The van der Waals surface area contributed by atoms with Gasteiger partial charge in [0.15, 0.2) is 6.10 Å². The molecule has 2 aromatic rings. The van der Waals surface area contributed by atoms with E-state index < -0.39 is 6.10 Å². The first-order chi connectivity index (χ1) is 13.5. The number of nitrogens with one attached hydrogen (secondary N) is 1. The maximum atomic E-state index is 12.5. The smallest absolute Gasteiger partial charge is 0.265 e. The fourth-order valence-corrected chi connectivity index (χ4v) is 2.64. The predicted octanol–water partition coefficient (Wildman–Crippen LogP) is 4.77. The van der Waals surface area contributed by atoms with Gasteiger partial charge >= 0.3 is 0 Å². The van der Waals surface area contributed by atoms with Gasteiger partial charge in [0.05, 0.1) is 19.8 Å². The van der Waals surface area contributed by atoms with Crippen molar-refractivity contribution in [2.45, 2.75) is 46.3 Å². The van der Waals surface area contributed by atoms with Crippen molar-refractivity contribution in [3.8, 4) is 5.75 Å². The van der Waals surface area contributed by atoms with Gasteiger partial charge < -0.3 is 19.5 Å². The molecule has 1 amide bonds. The molecule has 0 radical (unpaired) electrons. The van der Waals surface area contributed by atoms with Gasteiger partial charge in [-0.05, 0) is 55.2 Å². The Balaban J connectivity index is 1.87. The monoisotopic (exact) mass is 385 g/mol. The van der Waals surface area contributed by atoms with Gasteiger partial charge in [0, 0.05) is 12.3 Å². The third-order valence-corrected chi connectivity index (χ3v) is 4.25. The SMILES string of the molecule is CCOCCOCc1cccc(NC(=O)C(C)Oc2cccc(C(C)C)c2)c1. The lowest BCUT2D eigenvalue weighted by molar-refractivity contribution is -0.122. The first kappa shape index (κ1) is 21.9. The van der Waals surface area contributed by atoms with E-state index in [1.165, 1.54) is 5.56 Å². The van der Waals surface area contributed by atoms with Gasteiger partial charge in [-0.2, -0.15) is 0 Å². The first-order valence-electron chi connectivity index (χ1n) is 9.81. The van der Waals surface area contributed by atoms with Crippen LogP contribution in [0.25, 0.3) is 0 Å². The highest BCUT2D eigenvalue weighted by Gasteiger charge is 2.15. The van der Waals surface area contributed by atoms with E-state index in [0.717, 1.165) is 11.3 Å². The number of ether oxygens (including phenoxy) is 3. The summed E-state index contributed by atoms with van der Waals surface area (Å²) in [6.07, 6.45) is -0.603. The van der Waals surface area contributed by atoms with Crippen molar-refractivity contribution in [3.63, 3.8) is 0 Å². The minimum Gasteiger partial charge on any atom is -0.481 e. The molecule has 2 rings (SSSR count). The lowest BCUT2D eigenvalue weighted by Gasteiger charge is -2.16. The molecular weight excluding hydrogens is 354 g/mol. The van der Waals surface area contributed by atoms with Crippen LogP contribution in [-0.4, -0.2) is 31.8 Å². The summed E-state index contributed by atoms with van der Waals surface area (Å²) in [6, 6.07) is 15.5. The molecule has 1 N–H and O–H groups in total. The van der Waals surface area contributed by atoms with Crippen LogP contribution in [0, 0.1) is 0 Å². The molecule has 5 nitrogen and oxygen atoms in total. The third kappa shape index (κ3) is 7.33. The highest BCUT2D eigenvalue weighted by Crippen LogP contribution is 2.21. The quantitative estimate of drug-likeness (QED) is 0.566. The van der Waals surface area contributed by atoms with Crippen molar-refractivity contribution >= 4 is 11.6 Å². The summed E-state index contributed by atoms with van der Waals surface area (Å²) in [5.41, 5.74) is 2.90. The van der Waals surface area contributed by atoms with Gasteiger partial charge in [-0.3, -0.25) is 4.79 Å². The number of carbonyl (C=O) groups excluding carboxylic acids is 1. The molecule has 28 heavy (non-hydrogen) atoms. The number of benzene rings is 2. The number of rotatable bonds is 11. The highest BCUT2D eigenvalue weighted by atomic mass is 16.5. The van der Waals surface area contributed by atoms with Crippen LogP contribution in [0.1, 0.15) is 44.7 Å². The van der Waals surface area contributed by atoms with Crippen molar-refractivity contribution in [2.24, 2.45) is 0 Å². The summed E-state index contributed by atoms with van der Waals surface area (Å²) in [6.45, 7) is 10.3. The first-order valence-corrected chi connectivity index (χ1v) is 9.81. The molecule has 1 unspecified atom stereocenters. The van der Waals surface area contributed by atoms with Gasteiger partial charge in [-0.15, -0.1) is 0 Å². The fraction of sp³-hybridized carbons (Fsp3) is 0.435. The summed E-state index contributed by atoms with van der Waals surface area (Å²) in [5.74, 6) is 0.917. The molecule has 0 fully saturated rings. The second-order valence-electron chi connectivity index (χ2n) is 6.93. The minimum absolute atomic E-state index is 0.190. The molecule has 0 saturated heterocycles. The van der Waals surface area contributed by atoms with Crippen LogP contribution in [0.15, 0.2) is 48.5 Å². The second kappa shape index (κ2) is 11.5. The minimum atomic E-state index is -0.603. The number of hydrogen-bond acceptors (Lipinski definition) is 4. The molecule has 2 aromatic carbocycles. The zero-order valence-corrected chi connectivity index (χ0v) is 17.2. The van der Waals surface area contributed by atoms with Crippen LogP contribution in [0.4, 0.5) is 5.69 Å². The third-order valence-electron chi connectivity index (χ3n) is 4.25. The molecule has 152 valence electrons. The Morgan fingerprint density at radius 2 is 1.75 bits per heavy atom. The summed E-state index contributed by atoms with van der Waals surface area (Å²) < 4.78 is 16.6. The van der Waals surface area contributed by atoms with E-state index >= 15 is 0 Å². The van der Waals surface area contributed by atoms with Crippen LogP contribution >= 0.6 is 0 Å². The Morgan fingerprint density at radius 3 is 2.50 bits per heavy atom. The van der Waals surface area contributed by atoms with Gasteiger partial charge in [-0.1, -0.05) is 38.1 Å². The zero-order chi connectivity index (χ0) is 20.4. The molecule has 5 heteroatoms. The van der Waals surface area contributed by atoms with E-state index in [4.69, 9.17) is 14.2 Å². The molecule has 0 aliphatic heterocycles. The van der Waals surface area contributed by atoms with Gasteiger partial charge in [0.1, 0.15) is 5.75 Å². The summed E-state index contributed by atoms with van der Waals surface area (Å²) >= 11 is 0. The zero-order valence-electron chi connectivity index (χ0n) is 17.2. The molecule has 0 spiro atoms. The Bertz CT molecular complexity index is 745. The van der Waals surface area contributed by atoms with Crippen LogP contribution in [-0.2, 0) is 20.9 Å². The lowest BCUT2D eigenvalue weighted by Crippen LogP contribution is -2.30. The molecule has 0 bridgehead atoms. The van der Waals surface area contributed by atoms with Crippen LogP contribution in [0.2, 0.25) is 0 Å². The van der Waals surface area contributed by atoms with Crippen molar-refractivity contribution in [1.29, 1.82) is 0 Å². The molecule has 0 aromatic heterocycles. The molecular formula is C23H31NO4. The Labute approximate surface area is 168 Å². The molecule has 0 heterocycles. The molecule has 0 saturated carbocycles. The standard InChI is InChI=1S/C23H31NO4/c1-5-26-12-13-27-16-19-8-6-10-21(14-19)24-23(25)18(4)28-22-11-7-9-20(15-22)17(2)3/h6-11,14-15,17-18H,5,12-13,16H2,1-4H3,(H,24,25). The topological polar surface area (TPSA) is 56.8 Å². The molecule has 0 aliphatic rings. The van der Waals surface area contributed by atoms with E-state index in [9.17, 15) is 4.79 Å². The summed E-state index contributed by atoms with van der Waals surface area (Å²) in [5, 5.41) is 2.91. The Hall–Kier alpha value is -2.37. The Morgan fingerprint density at radius 1 is 1.00 bits per heavy atom. The number of anilines is 1. The van der Waals surface area contributed by atoms with E-state index in [0.29, 0.717) is 38.1 Å². The molecule has 0 aliphatic carbocycles. The lowest BCUT2D eigenvalue weighted by atomic mass is 10.0. The van der Waals surface area contributed by atoms with Gasteiger partial charge in [0.2, 0.25) is 0 Å². The normalized spacial score (nSPS) is 12.0. The van der Waals surface area contributed by atoms with Crippen LogP contribution in [0.5, 0.6) is 5.75 Å². The maximum absolute atomic E-state index is 12.5. The second-order valence-corrected chi connectivity index (χ2v) is 6.93. The largest absolute Gasteiger partial charge is 0.481 e. The van der Waals surface area contributed by atoms with Crippen molar-refractivity contribution < 1.29 is 19.0 Å². The van der Waals surface area contributed by atoms with Gasteiger partial charge in [-0.25, -0.2) is 0 Å². The number of hydrogen-bond donors (Lipinski definition) is 1. The highest BCUT2D eigenvalue weighted by molar-refractivity contribution is 5.94. The number of carbonyl (C=O) groups is 1. The summed E-state index contributed by atoms with van der Waals surface area (Å²) in [7, 11) is 0. The van der Waals surface area contributed by atoms with E-state index in [1.54, 1.807) is 6.92 Å². The summed E-state index contributed by atoms with van der Waals surface area (Å²) in [4.78, 5) is 12.5. The molecule has 1 atom stereocenters. The Kier molecular flexibility index (Phi) is 8.98. The van der Waals surface area contributed by atoms with E-state index in [1.807, 2.05) is 49.4 Å². The van der Waals surface area contributed by atoms with Crippen LogP contribution in [0.3, 0.4) is 0 Å². The van der Waals surface area contributed by atoms with E-state index in [2.05, 4.69) is 25.2 Å². The van der Waals surface area contributed by atoms with Crippen molar-refractivity contribution in [2.75, 3.05) is 25.1 Å².